The molecule has 1 saturated carbocycles. The van der Waals surface area contributed by atoms with E-state index < -0.39 is 11.5 Å². The summed E-state index contributed by atoms with van der Waals surface area (Å²) in [4.78, 5) is 14.2. The summed E-state index contributed by atoms with van der Waals surface area (Å²) in [7, 11) is 1.80. The number of carbonyl (C=O) groups is 1. The molecule has 0 radical (unpaired) electrons. The average molecular weight is 282 g/mol. The molecule has 1 aliphatic heterocycles. The number of likely N-dealkylation sites (N-methyl/N-ethyl adjacent to an activating group) is 1. The zero-order valence-electron chi connectivity index (χ0n) is 13.2. The van der Waals surface area contributed by atoms with Crippen LogP contribution in [0.3, 0.4) is 0 Å². The number of hydrogen-bond donors (Lipinski definition) is 2. The van der Waals surface area contributed by atoms with Crippen LogP contribution in [0.15, 0.2) is 0 Å². The van der Waals surface area contributed by atoms with Gasteiger partial charge >= 0.3 is 5.97 Å². The second-order valence-electron chi connectivity index (χ2n) is 6.89. The molecule has 116 valence electrons. The number of carboxylic acids is 1. The third-order valence-corrected chi connectivity index (χ3v) is 5.60. The minimum atomic E-state index is -0.674. The van der Waals surface area contributed by atoms with Gasteiger partial charge in [0.05, 0.1) is 0 Å². The van der Waals surface area contributed by atoms with E-state index in [1.54, 1.807) is 7.05 Å². The first-order valence-electron chi connectivity index (χ1n) is 8.17. The molecular formula is C16H30N2O2. The summed E-state index contributed by atoms with van der Waals surface area (Å²) in [5, 5.41) is 12.7. The van der Waals surface area contributed by atoms with Crippen molar-refractivity contribution in [3.8, 4) is 0 Å². The Balaban J connectivity index is 1.94. The smallest absolute Gasteiger partial charge is 0.324 e. The topological polar surface area (TPSA) is 52.6 Å². The molecule has 3 atom stereocenters. The summed E-state index contributed by atoms with van der Waals surface area (Å²) in [6, 6.07) is 0.699. The van der Waals surface area contributed by atoms with Gasteiger partial charge in [-0.2, -0.15) is 0 Å². The first-order valence-corrected chi connectivity index (χ1v) is 8.17. The van der Waals surface area contributed by atoms with Gasteiger partial charge in [0.15, 0.2) is 0 Å². The summed E-state index contributed by atoms with van der Waals surface area (Å²) < 4.78 is 0. The van der Waals surface area contributed by atoms with Crippen molar-refractivity contribution in [1.82, 2.24) is 10.2 Å². The number of hydrogen-bond acceptors (Lipinski definition) is 3. The Bertz CT molecular complexity index is 345. The van der Waals surface area contributed by atoms with E-state index in [1.165, 1.54) is 19.4 Å². The van der Waals surface area contributed by atoms with Crippen molar-refractivity contribution in [3.63, 3.8) is 0 Å². The Morgan fingerprint density at radius 1 is 1.40 bits per heavy atom. The van der Waals surface area contributed by atoms with E-state index >= 15 is 0 Å². The van der Waals surface area contributed by atoms with Crippen LogP contribution in [-0.2, 0) is 4.79 Å². The highest BCUT2D eigenvalue weighted by atomic mass is 16.4. The van der Waals surface area contributed by atoms with Crippen molar-refractivity contribution in [2.24, 2.45) is 11.8 Å². The van der Waals surface area contributed by atoms with Gasteiger partial charge in [-0.05, 0) is 64.1 Å². The van der Waals surface area contributed by atoms with Gasteiger partial charge < -0.3 is 15.3 Å². The molecule has 0 spiro atoms. The molecule has 0 aromatic carbocycles. The second-order valence-corrected chi connectivity index (χ2v) is 6.89. The minimum Gasteiger partial charge on any atom is -0.480 e. The van der Waals surface area contributed by atoms with Gasteiger partial charge in [-0.3, -0.25) is 4.79 Å². The fourth-order valence-electron chi connectivity index (χ4n) is 4.39. The molecule has 0 amide bonds. The minimum absolute atomic E-state index is 0.276. The van der Waals surface area contributed by atoms with Gasteiger partial charge in [-0.15, -0.1) is 0 Å². The van der Waals surface area contributed by atoms with E-state index in [0.717, 1.165) is 32.2 Å². The van der Waals surface area contributed by atoms with Gasteiger partial charge in [0.2, 0.25) is 0 Å². The molecule has 4 nitrogen and oxygen atoms in total. The molecule has 1 heterocycles. The predicted molar refractivity (Wildman–Crippen MR) is 80.8 cm³/mol. The number of likely N-dealkylation sites (tertiary alicyclic amines) is 1. The van der Waals surface area contributed by atoms with E-state index in [9.17, 15) is 9.90 Å². The van der Waals surface area contributed by atoms with Crippen molar-refractivity contribution in [1.29, 1.82) is 0 Å². The maximum atomic E-state index is 11.7. The van der Waals surface area contributed by atoms with Crippen LogP contribution in [0.2, 0.25) is 0 Å². The highest BCUT2D eigenvalue weighted by molar-refractivity contribution is 5.79. The zero-order chi connectivity index (χ0) is 14.8. The van der Waals surface area contributed by atoms with Crippen molar-refractivity contribution >= 4 is 5.97 Å². The van der Waals surface area contributed by atoms with Crippen molar-refractivity contribution in [2.45, 2.75) is 64.0 Å². The lowest BCUT2D eigenvalue weighted by Crippen LogP contribution is -2.53. The molecule has 2 rings (SSSR count). The third-order valence-electron chi connectivity index (χ3n) is 5.60. The summed E-state index contributed by atoms with van der Waals surface area (Å²) in [5.74, 6) is 0.317. The molecule has 1 aliphatic carbocycles. The number of nitrogens with one attached hydrogen (secondary N) is 1. The fraction of sp³-hybridized carbons (Fsp3) is 0.938. The Morgan fingerprint density at radius 2 is 2.15 bits per heavy atom. The van der Waals surface area contributed by atoms with E-state index in [1.807, 2.05) is 0 Å². The van der Waals surface area contributed by atoms with Crippen LogP contribution in [0.25, 0.3) is 0 Å². The first-order chi connectivity index (χ1) is 9.51. The van der Waals surface area contributed by atoms with Gasteiger partial charge in [0.25, 0.3) is 0 Å². The van der Waals surface area contributed by atoms with Crippen LogP contribution >= 0.6 is 0 Å². The lowest BCUT2D eigenvalue weighted by molar-refractivity contribution is -0.146. The van der Waals surface area contributed by atoms with Gasteiger partial charge in [0, 0.05) is 6.04 Å². The molecule has 1 saturated heterocycles. The molecule has 0 bridgehead atoms. The fourth-order valence-corrected chi connectivity index (χ4v) is 4.39. The normalized spacial score (nSPS) is 35.0. The van der Waals surface area contributed by atoms with Crippen LogP contribution in [0.1, 0.15) is 52.4 Å². The molecule has 2 N–H and O–H groups in total. The van der Waals surface area contributed by atoms with Crippen molar-refractivity contribution in [2.75, 3.05) is 20.1 Å². The molecule has 2 aliphatic rings. The Labute approximate surface area is 122 Å². The van der Waals surface area contributed by atoms with E-state index in [0.29, 0.717) is 12.0 Å². The molecule has 0 aromatic heterocycles. The number of nitrogens with zero attached hydrogens (tertiary/aromatic N) is 1. The molecule has 2 fully saturated rings. The summed E-state index contributed by atoms with van der Waals surface area (Å²) in [5.41, 5.74) is -0.674. The zero-order valence-corrected chi connectivity index (χ0v) is 13.2. The summed E-state index contributed by atoms with van der Waals surface area (Å²) in [6.07, 6.45) is 6.47. The standard InChI is InChI=1S/C16H30N2O2/c1-12(2)14-7-5-10-18(14)11-8-13-6-4-9-16(13,17-3)15(19)20/h12-14,17H,4-11H2,1-3H3,(H,19,20). The average Bonchev–Trinajstić information content (AvgIpc) is 3.03. The highest BCUT2D eigenvalue weighted by Crippen LogP contribution is 2.38. The largest absolute Gasteiger partial charge is 0.480 e. The SMILES string of the molecule is CNC1(C(=O)O)CCCC1CCN1CCCC1C(C)C. The summed E-state index contributed by atoms with van der Waals surface area (Å²) in [6.45, 7) is 6.85. The Hall–Kier alpha value is -0.610. The van der Waals surface area contributed by atoms with Gasteiger partial charge in [-0.25, -0.2) is 0 Å². The van der Waals surface area contributed by atoms with Crippen LogP contribution in [0.5, 0.6) is 0 Å². The third kappa shape index (κ3) is 2.86. The molecule has 0 aromatic rings. The molecular weight excluding hydrogens is 252 g/mol. The monoisotopic (exact) mass is 282 g/mol. The van der Waals surface area contributed by atoms with Crippen LogP contribution in [-0.4, -0.2) is 47.7 Å². The summed E-state index contributed by atoms with van der Waals surface area (Å²) >= 11 is 0. The highest BCUT2D eigenvalue weighted by Gasteiger charge is 2.47. The number of carboxylic acid groups (broad SMARTS) is 1. The van der Waals surface area contributed by atoms with E-state index in [2.05, 4.69) is 24.1 Å². The lowest BCUT2D eigenvalue weighted by atomic mass is 9.84. The number of rotatable bonds is 6. The predicted octanol–water partition coefficient (Wildman–Crippen LogP) is 2.34. The quantitative estimate of drug-likeness (QED) is 0.785. The Kier molecular flexibility index (Phi) is 5.08. The molecule has 4 heteroatoms. The van der Waals surface area contributed by atoms with Crippen LogP contribution in [0, 0.1) is 11.8 Å². The van der Waals surface area contributed by atoms with Crippen molar-refractivity contribution in [3.05, 3.63) is 0 Å². The van der Waals surface area contributed by atoms with E-state index in [-0.39, 0.29) is 5.92 Å². The van der Waals surface area contributed by atoms with E-state index in [4.69, 9.17) is 0 Å². The van der Waals surface area contributed by atoms with Gasteiger partial charge in [-0.1, -0.05) is 20.3 Å². The van der Waals surface area contributed by atoms with Gasteiger partial charge in [0.1, 0.15) is 5.54 Å². The van der Waals surface area contributed by atoms with Crippen LogP contribution in [0.4, 0.5) is 0 Å². The lowest BCUT2D eigenvalue weighted by Gasteiger charge is -2.34. The molecule has 3 unspecified atom stereocenters. The maximum Gasteiger partial charge on any atom is 0.324 e. The first kappa shape index (κ1) is 15.8. The van der Waals surface area contributed by atoms with Crippen LogP contribution < -0.4 is 5.32 Å². The molecule has 20 heavy (non-hydrogen) atoms. The Morgan fingerprint density at radius 3 is 2.75 bits per heavy atom. The second kappa shape index (κ2) is 6.44. The maximum absolute atomic E-state index is 11.7. The number of aliphatic carboxylic acids is 1. The van der Waals surface area contributed by atoms with Crippen molar-refractivity contribution < 1.29 is 9.90 Å².